The van der Waals surface area contributed by atoms with Crippen LogP contribution in [0.15, 0.2) is 29.4 Å². The first-order valence-corrected chi connectivity index (χ1v) is 4.40. The molecule has 0 aliphatic rings. The van der Waals surface area contributed by atoms with Crippen molar-refractivity contribution in [2.24, 2.45) is 5.16 Å². The molecule has 1 rings (SSSR count). The first-order valence-electron chi connectivity index (χ1n) is 4.40. The Hall–Kier alpha value is -1.97. The van der Waals surface area contributed by atoms with Gasteiger partial charge in [-0.15, -0.1) is 0 Å². The number of hydrogen-bond donors (Lipinski definition) is 1. The van der Waals surface area contributed by atoms with Crippen LogP contribution in [0.3, 0.4) is 0 Å². The number of benzene rings is 1. The van der Waals surface area contributed by atoms with Gasteiger partial charge in [0.05, 0.1) is 0 Å². The summed E-state index contributed by atoms with van der Waals surface area (Å²) in [6.07, 6.45) is 0. The van der Waals surface area contributed by atoms with E-state index in [0.717, 1.165) is 5.56 Å². The average Bonchev–Trinajstić information content (AvgIpc) is 2.19. The predicted octanol–water partition coefficient (Wildman–Crippen LogP) is 1.60. The smallest absolute Gasteiger partial charge is 0.218 e. The maximum Gasteiger partial charge on any atom is 0.218 e. The summed E-state index contributed by atoms with van der Waals surface area (Å²) < 4.78 is 0. The van der Waals surface area contributed by atoms with E-state index >= 15 is 0 Å². The minimum Gasteiger partial charge on any atom is -0.410 e. The van der Waals surface area contributed by atoms with E-state index in [2.05, 4.69) is 5.16 Å². The highest BCUT2D eigenvalue weighted by Gasteiger charge is 2.18. The molecule has 0 bridgehead atoms. The molecule has 0 aliphatic heterocycles. The molecule has 1 aromatic carbocycles. The standard InChI is InChI=1S/C11H11NO3/c1-7-3-5-9(6-4-7)11(14)10(12-15)8(2)13/h3-6,15H,1-2H3/b12-10+. The lowest BCUT2D eigenvalue weighted by Crippen LogP contribution is -2.22. The van der Waals surface area contributed by atoms with Crippen molar-refractivity contribution in [2.75, 3.05) is 0 Å². The van der Waals surface area contributed by atoms with E-state index in [4.69, 9.17) is 5.21 Å². The van der Waals surface area contributed by atoms with Gasteiger partial charge < -0.3 is 5.21 Å². The normalized spacial score (nSPS) is 11.2. The van der Waals surface area contributed by atoms with Gasteiger partial charge in [-0.05, 0) is 6.92 Å². The van der Waals surface area contributed by atoms with Gasteiger partial charge in [0.15, 0.2) is 11.5 Å². The van der Waals surface area contributed by atoms with Crippen molar-refractivity contribution in [1.29, 1.82) is 0 Å². The number of carbonyl (C=O) groups excluding carboxylic acids is 2. The van der Waals surface area contributed by atoms with Crippen molar-refractivity contribution in [3.05, 3.63) is 35.4 Å². The molecule has 1 aromatic rings. The van der Waals surface area contributed by atoms with Gasteiger partial charge in [0.2, 0.25) is 5.78 Å². The fourth-order valence-electron chi connectivity index (χ4n) is 1.12. The second-order valence-electron chi connectivity index (χ2n) is 3.20. The molecule has 15 heavy (non-hydrogen) atoms. The van der Waals surface area contributed by atoms with Crippen molar-refractivity contribution in [1.82, 2.24) is 0 Å². The molecule has 0 atom stereocenters. The highest BCUT2D eigenvalue weighted by molar-refractivity contribution is 6.68. The van der Waals surface area contributed by atoms with Crippen LogP contribution in [0.2, 0.25) is 0 Å². The van der Waals surface area contributed by atoms with Crippen LogP contribution < -0.4 is 0 Å². The molecule has 0 unspecified atom stereocenters. The van der Waals surface area contributed by atoms with Gasteiger partial charge in [0, 0.05) is 12.5 Å². The van der Waals surface area contributed by atoms with Gasteiger partial charge in [-0.1, -0.05) is 35.0 Å². The molecule has 0 saturated heterocycles. The van der Waals surface area contributed by atoms with Crippen LogP contribution in [0.5, 0.6) is 0 Å². The molecule has 4 nitrogen and oxygen atoms in total. The average molecular weight is 205 g/mol. The molecule has 78 valence electrons. The Balaban J connectivity index is 3.04. The summed E-state index contributed by atoms with van der Waals surface area (Å²) in [6.45, 7) is 3.07. The van der Waals surface area contributed by atoms with Crippen LogP contribution in [-0.2, 0) is 4.79 Å². The van der Waals surface area contributed by atoms with Gasteiger partial charge >= 0.3 is 0 Å². The van der Waals surface area contributed by atoms with E-state index in [1.807, 2.05) is 6.92 Å². The van der Waals surface area contributed by atoms with Crippen LogP contribution in [0.4, 0.5) is 0 Å². The lowest BCUT2D eigenvalue weighted by Gasteiger charge is -2.00. The Morgan fingerprint density at radius 1 is 1.20 bits per heavy atom. The van der Waals surface area contributed by atoms with Gasteiger partial charge in [-0.3, -0.25) is 9.59 Å². The number of nitrogens with zero attached hydrogens (tertiary/aromatic N) is 1. The van der Waals surface area contributed by atoms with Crippen LogP contribution in [0.1, 0.15) is 22.8 Å². The molecule has 4 heteroatoms. The Kier molecular flexibility index (Phi) is 3.33. The summed E-state index contributed by atoms with van der Waals surface area (Å²) in [4.78, 5) is 22.6. The van der Waals surface area contributed by atoms with Gasteiger partial charge in [0.25, 0.3) is 0 Å². The second-order valence-corrected chi connectivity index (χ2v) is 3.20. The first kappa shape index (κ1) is 11.1. The van der Waals surface area contributed by atoms with Crippen LogP contribution in [0, 0.1) is 6.92 Å². The second kappa shape index (κ2) is 4.50. The summed E-state index contributed by atoms with van der Waals surface area (Å²) in [5.41, 5.74) is 0.902. The Bertz CT molecular complexity index is 418. The van der Waals surface area contributed by atoms with Gasteiger partial charge in [0.1, 0.15) is 0 Å². The fraction of sp³-hybridized carbons (Fsp3) is 0.182. The van der Waals surface area contributed by atoms with Crippen molar-refractivity contribution < 1.29 is 14.8 Å². The van der Waals surface area contributed by atoms with E-state index < -0.39 is 17.3 Å². The third kappa shape index (κ3) is 2.49. The third-order valence-electron chi connectivity index (χ3n) is 1.96. The molecule has 0 radical (unpaired) electrons. The first-order chi connectivity index (χ1) is 7.06. The maximum atomic E-state index is 11.6. The minimum atomic E-state index is -0.565. The van der Waals surface area contributed by atoms with E-state index in [-0.39, 0.29) is 0 Å². The summed E-state index contributed by atoms with van der Waals surface area (Å²) in [5.74, 6) is -1.12. The van der Waals surface area contributed by atoms with Crippen molar-refractivity contribution in [2.45, 2.75) is 13.8 Å². The number of hydrogen-bond acceptors (Lipinski definition) is 4. The van der Waals surface area contributed by atoms with E-state index in [1.165, 1.54) is 6.92 Å². The lowest BCUT2D eigenvalue weighted by atomic mass is 10.0. The number of Topliss-reactive ketones (excluding diaryl/α,β-unsaturated/α-hetero) is 2. The number of aryl methyl sites for hydroxylation is 1. The van der Waals surface area contributed by atoms with E-state index in [9.17, 15) is 9.59 Å². The highest BCUT2D eigenvalue weighted by Crippen LogP contribution is 2.05. The lowest BCUT2D eigenvalue weighted by molar-refractivity contribution is -0.111. The Morgan fingerprint density at radius 3 is 2.13 bits per heavy atom. The van der Waals surface area contributed by atoms with Crippen molar-refractivity contribution in [3.63, 3.8) is 0 Å². The zero-order valence-electron chi connectivity index (χ0n) is 8.52. The molecule has 0 aromatic heterocycles. The fourth-order valence-corrected chi connectivity index (χ4v) is 1.12. The molecule has 0 amide bonds. The van der Waals surface area contributed by atoms with Crippen LogP contribution in [0.25, 0.3) is 0 Å². The van der Waals surface area contributed by atoms with Crippen molar-refractivity contribution in [3.8, 4) is 0 Å². The van der Waals surface area contributed by atoms with Gasteiger partial charge in [-0.2, -0.15) is 0 Å². The summed E-state index contributed by atoms with van der Waals surface area (Å²) >= 11 is 0. The van der Waals surface area contributed by atoms with Crippen LogP contribution >= 0.6 is 0 Å². The Labute approximate surface area is 87.2 Å². The number of ketones is 2. The molecule has 0 fully saturated rings. The molecular weight excluding hydrogens is 194 g/mol. The predicted molar refractivity (Wildman–Crippen MR) is 55.4 cm³/mol. The monoisotopic (exact) mass is 205 g/mol. The minimum absolute atomic E-state index is 0.337. The maximum absolute atomic E-state index is 11.6. The van der Waals surface area contributed by atoms with E-state index in [0.29, 0.717) is 5.56 Å². The molecule has 0 heterocycles. The molecule has 1 N–H and O–H groups in total. The van der Waals surface area contributed by atoms with Crippen LogP contribution in [-0.4, -0.2) is 22.5 Å². The van der Waals surface area contributed by atoms with E-state index in [1.54, 1.807) is 24.3 Å². The molecule has 0 saturated carbocycles. The number of carbonyl (C=O) groups is 2. The molecule has 0 spiro atoms. The van der Waals surface area contributed by atoms with Gasteiger partial charge in [-0.25, -0.2) is 0 Å². The zero-order chi connectivity index (χ0) is 11.4. The quantitative estimate of drug-likeness (QED) is 0.268. The zero-order valence-corrected chi connectivity index (χ0v) is 8.52. The molecule has 0 aliphatic carbocycles. The summed E-state index contributed by atoms with van der Waals surface area (Å²) in [5, 5.41) is 11.2. The SMILES string of the molecule is CC(=O)/C(=N\O)C(=O)c1ccc(C)cc1. The Morgan fingerprint density at radius 2 is 1.73 bits per heavy atom. The third-order valence-corrected chi connectivity index (χ3v) is 1.96. The highest BCUT2D eigenvalue weighted by atomic mass is 16.4. The summed E-state index contributed by atoms with van der Waals surface area (Å²) in [6, 6.07) is 6.68. The largest absolute Gasteiger partial charge is 0.410 e. The molecular formula is C11H11NO3. The van der Waals surface area contributed by atoms with Crippen molar-refractivity contribution >= 4 is 17.3 Å². The topological polar surface area (TPSA) is 66.7 Å². The summed E-state index contributed by atoms with van der Waals surface area (Å²) in [7, 11) is 0. The number of rotatable bonds is 3. The number of oxime groups is 1.